The minimum Gasteiger partial charge on any atom is -0.480 e. The van der Waals surface area contributed by atoms with Crippen molar-refractivity contribution in [3.8, 4) is 0 Å². The van der Waals surface area contributed by atoms with Crippen LogP contribution in [0, 0.1) is 11.7 Å². The number of hydrogen-bond acceptors (Lipinski definition) is 3. The van der Waals surface area contributed by atoms with E-state index in [9.17, 15) is 14.3 Å². The molecule has 1 aliphatic heterocycles. The highest BCUT2D eigenvalue weighted by molar-refractivity contribution is 5.76. The van der Waals surface area contributed by atoms with Gasteiger partial charge in [-0.1, -0.05) is 12.8 Å². The Balaban J connectivity index is 1.70. The smallest absolute Gasteiger partial charge is 0.320 e. The summed E-state index contributed by atoms with van der Waals surface area (Å²) in [7, 11) is 0. The molecule has 2 fully saturated rings. The fourth-order valence-electron chi connectivity index (χ4n) is 4.81. The minimum absolute atomic E-state index is 0.295. The van der Waals surface area contributed by atoms with Crippen molar-refractivity contribution in [2.45, 2.75) is 64.2 Å². The van der Waals surface area contributed by atoms with E-state index in [1.165, 1.54) is 25.0 Å². The van der Waals surface area contributed by atoms with Gasteiger partial charge in [-0.15, -0.1) is 0 Å². The molecule has 25 heavy (non-hydrogen) atoms. The lowest BCUT2D eigenvalue weighted by Gasteiger charge is -2.32. The van der Waals surface area contributed by atoms with Gasteiger partial charge in [-0.3, -0.25) is 9.69 Å². The summed E-state index contributed by atoms with van der Waals surface area (Å²) in [6.07, 6.45) is 5.30. The summed E-state index contributed by atoms with van der Waals surface area (Å²) in [6.45, 7) is 3.29. The summed E-state index contributed by atoms with van der Waals surface area (Å²) in [5.41, 5.74) is 1.55. The number of nitrogens with zero attached hydrogens (tertiary/aromatic N) is 3. The summed E-state index contributed by atoms with van der Waals surface area (Å²) in [5.74, 6) is 0.281. The number of imidazole rings is 1. The first-order chi connectivity index (χ1) is 12.1. The molecule has 1 aromatic heterocycles. The average Bonchev–Trinajstić information content (AvgIpc) is 3.13. The first kappa shape index (κ1) is 16.5. The maximum absolute atomic E-state index is 13.5. The molecule has 2 aromatic rings. The highest BCUT2D eigenvalue weighted by Crippen LogP contribution is 2.40. The van der Waals surface area contributed by atoms with Crippen LogP contribution in [0.3, 0.4) is 0 Å². The molecule has 0 bridgehead atoms. The molecule has 0 radical (unpaired) electrons. The molecular weight excluding hydrogens is 321 g/mol. The van der Waals surface area contributed by atoms with Crippen molar-refractivity contribution in [1.82, 2.24) is 14.5 Å². The van der Waals surface area contributed by atoms with Crippen LogP contribution in [0.1, 0.15) is 44.9 Å². The second kappa shape index (κ2) is 6.41. The molecule has 5 nitrogen and oxygen atoms in total. The zero-order valence-corrected chi connectivity index (χ0v) is 14.5. The van der Waals surface area contributed by atoms with Crippen molar-refractivity contribution in [3.63, 3.8) is 0 Å². The van der Waals surface area contributed by atoms with Crippen LogP contribution >= 0.6 is 0 Å². The third-order valence-corrected chi connectivity index (χ3v) is 5.94. The monoisotopic (exact) mass is 345 g/mol. The van der Waals surface area contributed by atoms with Crippen LogP contribution in [0.4, 0.5) is 4.39 Å². The molecular formula is C19H24FN3O2. The molecule has 1 saturated heterocycles. The SMILES string of the molecule is CCn1c(CN2C(C(=O)O)CC3CCCCC32)nc2cc(F)ccc21. The molecule has 1 aliphatic carbocycles. The molecule has 1 aromatic carbocycles. The maximum Gasteiger partial charge on any atom is 0.320 e. The van der Waals surface area contributed by atoms with Gasteiger partial charge in [0.05, 0.1) is 17.6 Å². The quantitative estimate of drug-likeness (QED) is 0.922. The molecule has 6 heteroatoms. The van der Waals surface area contributed by atoms with E-state index in [1.54, 1.807) is 6.07 Å². The molecule has 134 valence electrons. The lowest BCUT2D eigenvalue weighted by atomic mass is 9.85. The van der Waals surface area contributed by atoms with Crippen LogP contribution in [0.15, 0.2) is 18.2 Å². The van der Waals surface area contributed by atoms with Crippen LogP contribution < -0.4 is 0 Å². The number of fused-ring (bicyclic) bond motifs is 2. The van der Waals surface area contributed by atoms with Crippen LogP contribution in [-0.2, 0) is 17.9 Å². The number of carboxylic acid groups (broad SMARTS) is 1. The third kappa shape index (κ3) is 2.82. The Morgan fingerprint density at radius 3 is 2.92 bits per heavy atom. The molecule has 0 amide bonds. The highest BCUT2D eigenvalue weighted by Gasteiger charge is 2.45. The molecule has 1 saturated carbocycles. The van der Waals surface area contributed by atoms with Crippen molar-refractivity contribution < 1.29 is 14.3 Å². The number of aromatic nitrogens is 2. The summed E-state index contributed by atoms with van der Waals surface area (Å²) < 4.78 is 15.6. The van der Waals surface area contributed by atoms with Gasteiger partial charge in [0.1, 0.15) is 17.7 Å². The van der Waals surface area contributed by atoms with E-state index in [4.69, 9.17) is 0 Å². The summed E-state index contributed by atoms with van der Waals surface area (Å²) in [5, 5.41) is 9.69. The van der Waals surface area contributed by atoms with Gasteiger partial charge in [-0.05, 0) is 44.2 Å². The molecule has 4 rings (SSSR count). The Morgan fingerprint density at radius 2 is 2.16 bits per heavy atom. The molecule has 2 heterocycles. The number of carboxylic acids is 1. The number of aryl methyl sites for hydroxylation is 1. The first-order valence-electron chi connectivity index (χ1n) is 9.21. The van der Waals surface area contributed by atoms with Gasteiger partial charge in [0.2, 0.25) is 0 Å². The average molecular weight is 345 g/mol. The molecule has 1 N–H and O–H groups in total. The van der Waals surface area contributed by atoms with E-state index < -0.39 is 12.0 Å². The predicted molar refractivity (Wildman–Crippen MR) is 92.7 cm³/mol. The van der Waals surface area contributed by atoms with Crippen molar-refractivity contribution in [2.24, 2.45) is 5.92 Å². The second-order valence-electron chi connectivity index (χ2n) is 7.28. The number of likely N-dealkylation sites (tertiary alicyclic amines) is 1. The number of rotatable bonds is 4. The van der Waals surface area contributed by atoms with Crippen LogP contribution in [0.25, 0.3) is 11.0 Å². The lowest BCUT2D eigenvalue weighted by Crippen LogP contribution is -2.42. The van der Waals surface area contributed by atoms with Gasteiger partial charge in [0.15, 0.2) is 0 Å². The minimum atomic E-state index is -0.736. The van der Waals surface area contributed by atoms with E-state index in [2.05, 4.69) is 14.5 Å². The van der Waals surface area contributed by atoms with Gasteiger partial charge in [0, 0.05) is 18.7 Å². The Bertz CT molecular complexity index is 803. The number of hydrogen-bond donors (Lipinski definition) is 1. The number of benzene rings is 1. The number of aliphatic carboxylic acids is 1. The van der Waals surface area contributed by atoms with Gasteiger partial charge in [-0.2, -0.15) is 0 Å². The van der Waals surface area contributed by atoms with E-state index >= 15 is 0 Å². The Kier molecular flexibility index (Phi) is 4.23. The van der Waals surface area contributed by atoms with Crippen molar-refractivity contribution in [2.75, 3.05) is 0 Å². The molecule has 3 atom stereocenters. The first-order valence-corrected chi connectivity index (χ1v) is 9.21. The Labute approximate surface area is 146 Å². The third-order valence-electron chi connectivity index (χ3n) is 5.94. The molecule has 0 spiro atoms. The highest BCUT2D eigenvalue weighted by atomic mass is 19.1. The van der Waals surface area contributed by atoms with Crippen LogP contribution in [0.5, 0.6) is 0 Å². The van der Waals surface area contributed by atoms with Crippen molar-refractivity contribution >= 4 is 17.0 Å². The standard InChI is InChI=1S/C19H24FN3O2/c1-2-22-16-8-7-13(20)10-14(16)21-18(22)11-23-15-6-4-3-5-12(15)9-17(23)19(24)25/h7-8,10,12,15,17H,2-6,9,11H2,1H3,(H,24,25). The normalized spacial score (nSPS) is 26.9. The van der Waals surface area contributed by atoms with Gasteiger partial charge in [0.25, 0.3) is 0 Å². The Hall–Kier alpha value is -1.95. The van der Waals surface area contributed by atoms with Crippen molar-refractivity contribution in [3.05, 3.63) is 29.8 Å². The van der Waals surface area contributed by atoms with Crippen LogP contribution in [0.2, 0.25) is 0 Å². The lowest BCUT2D eigenvalue weighted by molar-refractivity contribution is -0.143. The summed E-state index contributed by atoms with van der Waals surface area (Å²) >= 11 is 0. The van der Waals surface area contributed by atoms with Crippen LogP contribution in [-0.4, -0.2) is 37.6 Å². The van der Waals surface area contributed by atoms with E-state index in [0.717, 1.165) is 37.1 Å². The zero-order valence-electron chi connectivity index (χ0n) is 14.5. The maximum atomic E-state index is 13.5. The second-order valence-corrected chi connectivity index (χ2v) is 7.28. The number of carbonyl (C=O) groups is 1. The zero-order chi connectivity index (χ0) is 17.6. The van der Waals surface area contributed by atoms with E-state index in [1.807, 2.05) is 6.92 Å². The van der Waals surface area contributed by atoms with Gasteiger partial charge >= 0.3 is 5.97 Å². The fraction of sp³-hybridized carbons (Fsp3) is 0.579. The largest absolute Gasteiger partial charge is 0.480 e. The van der Waals surface area contributed by atoms with Gasteiger partial charge in [-0.25, -0.2) is 9.37 Å². The molecule has 3 unspecified atom stereocenters. The topological polar surface area (TPSA) is 58.4 Å². The summed E-state index contributed by atoms with van der Waals surface area (Å²) in [6, 6.07) is 4.55. The van der Waals surface area contributed by atoms with E-state index in [-0.39, 0.29) is 5.82 Å². The summed E-state index contributed by atoms with van der Waals surface area (Å²) in [4.78, 5) is 18.6. The van der Waals surface area contributed by atoms with Gasteiger partial charge < -0.3 is 9.67 Å². The Morgan fingerprint density at radius 1 is 1.36 bits per heavy atom. The van der Waals surface area contributed by atoms with E-state index in [0.29, 0.717) is 24.0 Å². The van der Waals surface area contributed by atoms with Crippen molar-refractivity contribution in [1.29, 1.82) is 0 Å². The fourth-order valence-corrected chi connectivity index (χ4v) is 4.81. The number of halogens is 1. The predicted octanol–water partition coefficient (Wildman–Crippen LogP) is 3.41. The molecule has 2 aliphatic rings.